The highest BCUT2D eigenvalue weighted by Gasteiger charge is 2.36. The van der Waals surface area contributed by atoms with Gasteiger partial charge in [0.2, 0.25) is 11.8 Å². The third kappa shape index (κ3) is 8.42. The molecule has 0 spiro atoms. The molecular weight excluding hydrogens is 665 g/mol. The van der Waals surface area contributed by atoms with E-state index in [0.29, 0.717) is 20.6 Å². The highest BCUT2D eigenvalue weighted by Crippen LogP contribution is 2.29. The standard InChI is InChI=1S/C35H34Cl3N3O4S/c36-27-17-19-31(20-18-27)46(44,45)41(30-15-8-12-28(37)22-30)24-34(42)40(23-26-11-4-7-16-32(26)38)33(21-25-9-2-1-3-10-25)35(43)39-29-13-5-6-14-29/h1-4,7-12,15-20,22,29,33H,5-6,13-14,21,23-24H2,(H,39,43)/t33-/m0/s1. The molecule has 0 heterocycles. The fourth-order valence-corrected chi connectivity index (χ4v) is 7.54. The summed E-state index contributed by atoms with van der Waals surface area (Å²) in [4.78, 5) is 30.0. The molecule has 1 aliphatic rings. The van der Waals surface area contributed by atoms with Crippen molar-refractivity contribution >= 4 is 62.3 Å². The fraction of sp³-hybridized carbons (Fsp3) is 0.257. The molecule has 5 rings (SSSR count). The number of carbonyl (C=O) groups excluding carboxylic acids is 2. The molecule has 4 aromatic carbocycles. The van der Waals surface area contributed by atoms with Gasteiger partial charge in [-0.3, -0.25) is 13.9 Å². The average Bonchev–Trinajstić information content (AvgIpc) is 3.56. The molecule has 0 aliphatic heterocycles. The number of nitrogens with one attached hydrogen (secondary N) is 1. The van der Waals surface area contributed by atoms with Crippen LogP contribution in [0.3, 0.4) is 0 Å². The SMILES string of the molecule is O=C(NC1CCCC1)[C@H](Cc1ccccc1)N(Cc1ccccc1Cl)C(=O)CN(c1cccc(Cl)c1)S(=O)(=O)c1ccc(Cl)cc1. The van der Waals surface area contributed by atoms with Gasteiger partial charge in [0.25, 0.3) is 10.0 Å². The van der Waals surface area contributed by atoms with Crippen molar-refractivity contribution in [2.75, 3.05) is 10.8 Å². The summed E-state index contributed by atoms with van der Waals surface area (Å²) in [6.45, 7) is -0.615. The minimum atomic E-state index is -4.28. The van der Waals surface area contributed by atoms with Crippen molar-refractivity contribution in [2.24, 2.45) is 0 Å². The molecule has 2 amide bonds. The quantitative estimate of drug-likeness (QED) is 0.166. The number of rotatable bonds is 12. The Morgan fingerprint density at radius 1 is 0.804 bits per heavy atom. The van der Waals surface area contributed by atoms with E-state index in [2.05, 4.69) is 5.32 Å². The van der Waals surface area contributed by atoms with Gasteiger partial charge in [-0.2, -0.15) is 0 Å². The Bertz CT molecular complexity index is 1770. The van der Waals surface area contributed by atoms with Gasteiger partial charge in [-0.25, -0.2) is 8.42 Å². The minimum Gasteiger partial charge on any atom is -0.352 e. The van der Waals surface area contributed by atoms with Crippen LogP contribution in [0, 0.1) is 0 Å². The molecule has 46 heavy (non-hydrogen) atoms. The predicted octanol–water partition coefficient (Wildman–Crippen LogP) is 7.54. The summed E-state index contributed by atoms with van der Waals surface area (Å²) in [6, 6.07) is 27.6. The van der Waals surface area contributed by atoms with E-state index >= 15 is 0 Å². The maximum absolute atomic E-state index is 14.6. The van der Waals surface area contributed by atoms with Crippen LogP contribution in [0.5, 0.6) is 0 Å². The van der Waals surface area contributed by atoms with Crippen molar-refractivity contribution in [3.63, 3.8) is 0 Å². The van der Waals surface area contributed by atoms with Crippen LogP contribution in [0.15, 0.2) is 108 Å². The number of benzene rings is 4. The average molecular weight is 699 g/mol. The Hall–Kier alpha value is -3.56. The number of hydrogen-bond donors (Lipinski definition) is 1. The highest BCUT2D eigenvalue weighted by molar-refractivity contribution is 7.92. The number of halogens is 3. The normalized spacial score (nSPS) is 14.1. The van der Waals surface area contributed by atoms with E-state index in [1.807, 2.05) is 30.3 Å². The van der Waals surface area contributed by atoms with Gasteiger partial charge in [-0.05, 0) is 72.5 Å². The number of hydrogen-bond acceptors (Lipinski definition) is 4. The summed E-state index contributed by atoms with van der Waals surface area (Å²) in [7, 11) is -4.28. The van der Waals surface area contributed by atoms with E-state index in [0.717, 1.165) is 35.6 Å². The topological polar surface area (TPSA) is 86.8 Å². The van der Waals surface area contributed by atoms with Crippen molar-refractivity contribution in [3.8, 4) is 0 Å². The number of sulfonamides is 1. The van der Waals surface area contributed by atoms with Gasteiger partial charge >= 0.3 is 0 Å². The third-order valence-electron chi connectivity index (χ3n) is 8.05. The second kappa shape index (κ2) is 15.4. The predicted molar refractivity (Wildman–Crippen MR) is 184 cm³/mol. The van der Waals surface area contributed by atoms with Gasteiger partial charge < -0.3 is 10.2 Å². The fourth-order valence-electron chi connectivity index (χ4n) is 5.63. The lowest BCUT2D eigenvalue weighted by Crippen LogP contribution is -2.54. The van der Waals surface area contributed by atoms with Gasteiger partial charge in [0.1, 0.15) is 12.6 Å². The minimum absolute atomic E-state index is 0.0104. The summed E-state index contributed by atoms with van der Waals surface area (Å²) < 4.78 is 29.3. The summed E-state index contributed by atoms with van der Waals surface area (Å²) in [6.07, 6.45) is 3.99. The molecule has 0 radical (unpaired) electrons. The molecule has 0 unspecified atom stereocenters. The molecule has 1 N–H and O–H groups in total. The van der Waals surface area contributed by atoms with Crippen LogP contribution in [0.2, 0.25) is 15.1 Å². The second-order valence-electron chi connectivity index (χ2n) is 11.3. The number of nitrogens with zero attached hydrogens (tertiary/aromatic N) is 2. The van der Waals surface area contributed by atoms with Gasteiger partial charge in [0.05, 0.1) is 10.6 Å². The zero-order valence-corrected chi connectivity index (χ0v) is 28.1. The van der Waals surface area contributed by atoms with Crippen molar-refractivity contribution in [2.45, 2.75) is 55.6 Å². The van der Waals surface area contributed by atoms with Crippen LogP contribution in [-0.4, -0.2) is 43.8 Å². The summed E-state index contributed by atoms with van der Waals surface area (Å²) in [5.41, 5.74) is 1.68. The Morgan fingerprint density at radius 3 is 2.15 bits per heavy atom. The zero-order chi connectivity index (χ0) is 32.7. The summed E-state index contributed by atoms with van der Waals surface area (Å²) >= 11 is 18.9. The first-order valence-corrected chi connectivity index (χ1v) is 17.6. The van der Waals surface area contributed by atoms with Crippen LogP contribution in [0.4, 0.5) is 5.69 Å². The molecule has 4 aromatic rings. The van der Waals surface area contributed by atoms with Crippen LogP contribution in [0.1, 0.15) is 36.8 Å². The molecule has 7 nitrogen and oxygen atoms in total. The molecule has 1 fully saturated rings. The molecular formula is C35H34Cl3N3O4S. The first-order valence-electron chi connectivity index (χ1n) is 15.0. The zero-order valence-electron chi connectivity index (χ0n) is 25.0. The van der Waals surface area contributed by atoms with E-state index < -0.39 is 28.5 Å². The lowest BCUT2D eigenvalue weighted by atomic mass is 10.0. The molecule has 1 saturated carbocycles. The molecule has 240 valence electrons. The van der Waals surface area contributed by atoms with Crippen molar-refractivity contribution < 1.29 is 18.0 Å². The monoisotopic (exact) mass is 697 g/mol. The van der Waals surface area contributed by atoms with Crippen LogP contribution in [0.25, 0.3) is 0 Å². The Kier molecular flexibility index (Phi) is 11.3. The first kappa shape index (κ1) is 33.8. The number of carbonyl (C=O) groups is 2. The number of amides is 2. The van der Waals surface area contributed by atoms with Crippen molar-refractivity contribution in [3.05, 3.63) is 129 Å². The summed E-state index contributed by atoms with van der Waals surface area (Å²) in [5.74, 6) is -0.883. The molecule has 11 heteroatoms. The van der Waals surface area contributed by atoms with Gasteiger partial charge in [0.15, 0.2) is 0 Å². The van der Waals surface area contributed by atoms with Crippen LogP contribution >= 0.6 is 34.8 Å². The van der Waals surface area contributed by atoms with Gasteiger partial charge in [-0.1, -0.05) is 102 Å². The smallest absolute Gasteiger partial charge is 0.264 e. The van der Waals surface area contributed by atoms with E-state index in [9.17, 15) is 18.0 Å². The molecule has 0 aromatic heterocycles. The van der Waals surface area contributed by atoms with Crippen molar-refractivity contribution in [1.82, 2.24) is 10.2 Å². The van der Waals surface area contributed by atoms with E-state index in [-0.39, 0.29) is 35.5 Å². The second-order valence-corrected chi connectivity index (χ2v) is 14.4. The molecule has 1 atom stereocenters. The largest absolute Gasteiger partial charge is 0.352 e. The van der Waals surface area contributed by atoms with Crippen molar-refractivity contribution in [1.29, 1.82) is 0 Å². The van der Waals surface area contributed by atoms with E-state index in [4.69, 9.17) is 34.8 Å². The van der Waals surface area contributed by atoms with Crippen LogP contribution < -0.4 is 9.62 Å². The van der Waals surface area contributed by atoms with Crippen LogP contribution in [-0.2, 0) is 32.6 Å². The Morgan fingerprint density at radius 2 is 1.48 bits per heavy atom. The molecule has 0 bridgehead atoms. The van der Waals surface area contributed by atoms with E-state index in [1.54, 1.807) is 42.5 Å². The highest BCUT2D eigenvalue weighted by atomic mass is 35.5. The maximum atomic E-state index is 14.6. The lowest BCUT2D eigenvalue weighted by Gasteiger charge is -2.34. The first-order chi connectivity index (χ1) is 22.1. The number of anilines is 1. The Labute approximate surface area is 285 Å². The molecule has 0 saturated heterocycles. The van der Waals surface area contributed by atoms with Gasteiger partial charge in [-0.15, -0.1) is 0 Å². The van der Waals surface area contributed by atoms with E-state index in [1.165, 1.54) is 35.2 Å². The van der Waals surface area contributed by atoms with Gasteiger partial charge in [0, 0.05) is 34.1 Å². The Balaban J connectivity index is 1.57. The lowest BCUT2D eigenvalue weighted by molar-refractivity contribution is -0.140. The maximum Gasteiger partial charge on any atom is 0.264 e. The third-order valence-corrected chi connectivity index (χ3v) is 10.7. The summed E-state index contributed by atoms with van der Waals surface area (Å²) in [5, 5.41) is 4.25. The molecule has 1 aliphatic carbocycles.